The standard InChI is InChI=1S/C13H18FN3O3/c1-8(2)13(3,7-15)16-12(18)9-4-10(14)6-11(5-9)17(19)20/h4-6,8H,7,15H2,1-3H3,(H,16,18). The number of benzene rings is 1. The number of nitro groups is 1. The van der Waals surface area contributed by atoms with Crippen LogP contribution in [0.5, 0.6) is 0 Å². The predicted octanol–water partition coefficient (Wildman–Crippen LogP) is 1.84. The van der Waals surface area contributed by atoms with Crippen molar-refractivity contribution in [1.29, 1.82) is 0 Å². The molecule has 1 atom stereocenters. The Morgan fingerprint density at radius 1 is 1.50 bits per heavy atom. The Bertz CT molecular complexity index is 534. The van der Waals surface area contributed by atoms with Gasteiger partial charge in [0, 0.05) is 18.2 Å². The van der Waals surface area contributed by atoms with Crippen LogP contribution in [0.3, 0.4) is 0 Å². The number of carbonyl (C=O) groups excluding carboxylic acids is 1. The largest absolute Gasteiger partial charge is 0.345 e. The molecule has 1 aromatic carbocycles. The number of rotatable bonds is 5. The van der Waals surface area contributed by atoms with Gasteiger partial charge in [-0.15, -0.1) is 0 Å². The van der Waals surface area contributed by atoms with Gasteiger partial charge in [-0.2, -0.15) is 0 Å². The third-order valence-electron chi connectivity index (χ3n) is 3.45. The van der Waals surface area contributed by atoms with Crippen LogP contribution in [-0.4, -0.2) is 22.9 Å². The molecule has 110 valence electrons. The van der Waals surface area contributed by atoms with Crippen molar-refractivity contribution in [2.24, 2.45) is 11.7 Å². The molecular formula is C13H18FN3O3. The third-order valence-corrected chi connectivity index (χ3v) is 3.45. The SMILES string of the molecule is CC(C)C(C)(CN)NC(=O)c1cc(F)cc([N+](=O)[O-])c1. The maximum atomic E-state index is 13.3. The number of hydrogen-bond acceptors (Lipinski definition) is 4. The van der Waals surface area contributed by atoms with Crippen molar-refractivity contribution in [3.8, 4) is 0 Å². The van der Waals surface area contributed by atoms with E-state index in [2.05, 4.69) is 5.32 Å². The Balaban J connectivity index is 3.07. The molecule has 20 heavy (non-hydrogen) atoms. The molecule has 7 heteroatoms. The summed E-state index contributed by atoms with van der Waals surface area (Å²) >= 11 is 0. The van der Waals surface area contributed by atoms with Gasteiger partial charge in [0.1, 0.15) is 5.82 Å². The van der Waals surface area contributed by atoms with Gasteiger partial charge in [-0.05, 0) is 18.9 Å². The second kappa shape index (κ2) is 5.96. The zero-order chi connectivity index (χ0) is 15.5. The second-order valence-electron chi connectivity index (χ2n) is 5.19. The summed E-state index contributed by atoms with van der Waals surface area (Å²) < 4.78 is 13.3. The van der Waals surface area contributed by atoms with Crippen molar-refractivity contribution in [1.82, 2.24) is 5.32 Å². The summed E-state index contributed by atoms with van der Waals surface area (Å²) in [6, 6.07) is 2.76. The Hall–Kier alpha value is -2.02. The fourth-order valence-electron chi connectivity index (χ4n) is 1.57. The summed E-state index contributed by atoms with van der Waals surface area (Å²) in [6.45, 7) is 5.75. The van der Waals surface area contributed by atoms with E-state index >= 15 is 0 Å². The number of non-ortho nitro benzene ring substituents is 1. The molecule has 3 N–H and O–H groups in total. The Morgan fingerprint density at radius 3 is 2.55 bits per heavy atom. The highest BCUT2D eigenvalue weighted by atomic mass is 19.1. The molecule has 0 aliphatic rings. The number of carbonyl (C=O) groups is 1. The normalized spacial score (nSPS) is 13.9. The summed E-state index contributed by atoms with van der Waals surface area (Å²) in [5, 5.41) is 13.4. The maximum Gasteiger partial charge on any atom is 0.273 e. The van der Waals surface area contributed by atoms with Crippen molar-refractivity contribution < 1.29 is 14.1 Å². The van der Waals surface area contributed by atoms with Gasteiger partial charge < -0.3 is 11.1 Å². The molecule has 0 bridgehead atoms. The molecule has 0 aliphatic carbocycles. The maximum absolute atomic E-state index is 13.3. The highest BCUT2D eigenvalue weighted by Gasteiger charge is 2.29. The second-order valence-corrected chi connectivity index (χ2v) is 5.19. The first-order chi connectivity index (χ1) is 9.19. The van der Waals surface area contributed by atoms with E-state index in [1.807, 2.05) is 13.8 Å². The zero-order valence-electron chi connectivity index (χ0n) is 11.6. The van der Waals surface area contributed by atoms with Crippen molar-refractivity contribution in [2.75, 3.05) is 6.54 Å². The predicted molar refractivity (Wildman–Crippen MR) is 72.8 cm³/mol. The van der Waals surface area contributed by atoms with Crippen LogP contribution in [0.25, 0.3) is 0 Å². The molecule has 1 amide bonds. The van der Waals surface area contributed by atoms with Gasteiger partial charge in [0.25, 0.3) is 11.6 Å². The highest BCUT2D eigenvalue weighted by Crippen LogP contribution is 2.19. The van der Waals surface area contributed by atoms with Crippen LogP contribution in [0.4, 0.5) is 10.1 Å². The molecular weight excluding hydrogens is 265 g/mol. The van der Waals surface area contributed by atoms with Crippen LogP contribution in [0, 0.1) is 21.8 Å². The lowest BCUT2D eigenvalue weighted by Gasteiger charge is -2.33. The first-order valence-corrected chi connectivity index (χ1v) is 6.17. The summed E-state index contributed by atoms with van der Waals surface area (Å²) in [7, 11) is 0. The van der Waals surface area contributed by atoms with Crippen LogP contribution in [0.2, 0.25) is 0 Å². The lowest BCUT2D eigenvalue weighted by Crippen LogP contribution is -2.55. The first kappa shape index (κ1) is 16.0. The molecule has 0 saturated carbocycles. The van der Waals surface area contributed by atoms with Crippen molar-refractivity contribution in [3.05, 3.63) is 39.7 Å². The van der Waals surface area contributed by atoms with E-state index < -0.39 is 27.9 Å². The first-order valence-electron chi connectivity index (χ1n) is 6.17. The van der Waals surface area contributed by atoms with Crippen LogP contribution >= 0.6 is 0 Å². The van der Waals surface area contributed by atoms with Crippen molar-refractivity contribution in [3.63, 3.8) is 0 Å². The Morgan fingerprint density at radius 2 is 2.10 bits per heavy atom. The number of nitrogens with two attached hydrogens (primary N) is 1. The molecule has 1 unspecified atom stereocenters. The monoisotopic (exact) mass is 283 g/mol. The van der Waals surface area contributed by atoms with E-state index in [1.165, 1.54) is 0 Å². The summed E-state index contributed by atoms with van der Waals surface area (Å²) in [5.74, 6) is -1.36. The van der Waals surface area contributed by atoms with Gasteiger partial charge in [-0.25, -0.2) is 4.39 Å². The molecule has 0 fully saturated rings. The number of hydrogen-bond donors (Lipinski definition) is 2. The smallest absolute Gasteiger partial charge is 0.273 e. The molecule has 6 nitrogen and oxygen atoms in total. The van der Waals surface area contributed by atoms with Crippen LogP contribution in [0.15, 0.2) is 18.2 Å². The van der Waals surface area contributed by atoms with E-state index in [9.17, 15) is 19.3 Å². The molecule has 0 spiro atoms. The topological polar surface area (TPSA) is 98.3 Å². The molecule has 1 aromatic rings. The average Bonchev–Trinajstić information content (AvgIpc) is 2.37. The minimum Gasteiger partial charge on any atom is -0.345 e. The molecule has 0 saturated heterocycles. The lowest BCUT2D eigenvalue weighted by molar-refractivity contribution is -0.385. The Kier molecular flexibility index (Phi) is 4.78. The van der Waals surface area contributed by atoms with Gasteiger partial charge in [-0.1, -0.05) is 13.8 Å². The summed E-state index contributed by atoms with van der Waals surface area (Å²) in [6.07, 6.45) is 0. The fourth-order valence-corrected chi connectivity index (χ4v) is 1.57. The minimum atomic E-state index is -0.830. The van der Waals surface area contributed by atoms with Gasteiger partial charge in [0.05, 0.1) is 16.5 Å². The number of nitro benzene ring substituents is 1. The van der Waals surface area contributed by atoms with E-state index in [1.54, 1.807) is 6.92 Å². The number of nitrogens with zero attached hydrogens (tertiary/aromatic N) is 1. The van der Waals surface area contributed by atoms with Crippen molar-refractivity contribution >= 4 is 11.6 Å². The molecule has 1 rings (SSSR count). The van der Waals surface area contributed by atoms with Gasteiger partial charge in [-0.3, -0.25) is 14.9 Å². The van der Waals surface area contributed by atoms with Crippen LogP contribution in [-0.2, 0) is 0 Å². The van der Waals surface area contributed by atoms with Gasteiger partial charge in [0.2, 0.25) is 0 Å². The fraction of sp³-hybridized carbons (Fsp3) is 0.462. The highest BCUT2D eigenvalue weighted by molar-refractivity contribution is 5.95. The van der Waals surface area contributed by atoms with E-state index in [0.717, 1.165) is 18.2 Å². The molecule has 0 radical (unpaired) electrons. The molecule has 0 heterocycles. The molecule has 0 aromatic heterocycles. The van der Waals surface area contributed by atoms with E-state index in [4.69, 9.17) is 5.73 Å². The number of nitrogens with one attached hydrogen (secondary N) is 1. The summed E-state index contributed by atoms with van der Waals surface area (Å²) in [4.78, 5) is 22.0. The molecule has 0 aliphatic heterocycles. The van der Waals surface area contributed by atoms with E-state index in [0.29, 0.717) is 0 Å². The van der Waals surface area contributed by atoms with Crippen LogP contribution in [0.1, 0.15) is 31.1 Å². The average molecular weight is 283 g/mol. The van der Waals surface area contributed by atoms with Crippen LogP contribution < -0.4 is 11.1 Å². The summed E-state index contributed by atoms with van der Waals surface area (Å²) in [5.41, 5.74) is 4.41. The van der Waals surface area contributed by atoms with Gasteiger partial charge in [0.15, 0.2) is 0 Å². The lowest BCUT2D eigenvalue weighted by atomic mass is 9.88. The Labute approximate surface area is 116 Å². The van der Waals surface area contributed by atoms with E-state index in [-0.39, 0.29) is 18.0 Å². The number of halogens is 1. The third kappa shape index (κ3) is 3.51. The number of amides is 1. The van der Waals surface area contributed by atoms with Crippen molar-refractivity contribution in [2.45, 2.75) is 26.3 Å². The quantitative estimate of drug-likeness (QED) is 0.636. The minimum absolute atomic E-state index is 0.0556. The zero-order valence-corrected chi connectivity index (χ0v) is 11.6. The van der Waals surface area contributed by atoms with Gasteiger partial charge >= 0.3 is 0 Å².